The molecule has 1 N–H and O–H groups in total. The summed E-state index contributed by atoms with van der Waals surface area (Å²) < 4.78 is 17.1. The SMILES string of the molecule is CC(C)(C)OC(=O)NCCC1CCN(C(=O)c2cc(Oc3ccc(C#N)cc3)nc(Oc3ccc(C#N)cc3)c2)CC1. The molecule has 1 saturated heterocycles. The van der Waals surface area contributed by atoms with Gasteiger partial charge < -0.3 is 24.4 Å². The van der Waals surface area contributed by atoms with Gasteiger partial charge in [0.25, 0.3) is 5.91 Å². The first-order chi connectivity index (χ1) is 20.1. The highest BCUT2D eigenvalue weighted by Crippen LogP contribution is 2.29. The molecule has 2 heterocycles. The summed E-state index contributed by atoms with van der Waals surface area (Å²) >= 11 is 0. The van der Waals surface area contributed by atoms with E-state index in [0.29, 0.717) is 53.7 Å². The standard InChI is InChI=1S/C32H33N5O5/c1-32(2,3)42-31(39)35-15-12-22-13-16-37(17-14-22)30(38)25-18-28(40-26-8-4-23(20-33)5-9-26)36-29(19-25)41-27-10-6-24(21-34)7-11-27/h4-11,18-19,22H,12-17H2,1-3H3,(H,35,39). The number of alkyl carbamates (subject to hydrolysis) is 1. The zero-order valence-corrected chi connectivity index (χ0v) is 23.9. The number of carbonyl (C=O) groups excluding carboxylic acids is 2. The molecule has 3 aromatic rings. The van der Waals surface area contributed by atoms with E-state index < -0.39 is 11.7 Å². The number of piperidine rings is 1. The molecule has 0 bridgehead atoms. The predicted molar refractivity (Wildman–Crippen MR) is 154 cm³/mol. The Kier molecular flexibility index (Phi) is 9.61. The van der Waals surface area contributed by atoms with E-state index in [9.17, 15) is 9.59 Å². The summed E-state index contributed by atoms with van der Waals surface area (Å²) in [4.78, 5) is 31.7. The molecule has 42 heavy (non-hydrogen) atoms. The number of carbonyl (C=O) groups is 2. The Bertz CT molecular complexity index is 1400. The molecule has 2 amide bonds. The maximum Gasteiger partial charge on any atom is 0.407 e. The molecule has 10 nitrogen and oxygen atoms in total. The Morgan fingerprint density at radius 1 is 0.905 bits per heavy atom. The number of hydrogen-bond donors (Lipinski definition) is 1. The number of likely N-dealkylation sites (tertiary alicyclic amines) is 1. The smallest absolute Gasteiger partial charge is 0.407 e. The van der Waals surface area contributed by atoms with Gasteiger partial charge in [0.2, 0.25) is 11.8 Å². The number of nitrogens with zero attached hydrogens (tertiary/aromatic N) is 4. The summed E-state index contributed by atoms with van der Waals surface area (Å²) in [6.07, 6.45) is 2.01. The largest absolute Gasteiger partial charge is 0.444 e. The van der Waals surface area contributed by atoms with E-state index in [0.717, 1.165) is 19.3 Å². The third-order valence-electron chi connectivity index (χ3n) is 6.56. The number of ether oxygens (including phenoxy) is 3. The lowest BCUT2D eigenvalue weighted by Gasteiger charge is -2.32. The maximum absolute atomic E-state index is 13.6. The highest BCUT2D eigenvalue weighted by Gasteiger charge is 2.25. The molecule has 1 fully saturated rings. The van der Waals surface area contributed by atoms with E-state index in [1.807, 2.05) is 20.8 Å². The number of pyridine rings is 1. The van der Waals surface area contributed by atoms with Gasteiger partial charge in [-0.3, -0.25) is 4.79 Å². The molecule has 216 valence electrons. The fourth-order valence-electron chi connectivity index (χ4n) is 4.45. The van der Waals surface area contributed by atoms with E-state index in [2.05, 4.69) is 22.4 Å². The van der Waals surface area contributed by atoms with Crippen molar-refractivity contribution < 1.29 is 23.8 Å². The summed E-state index contributed by atoms with van der Waals surface area (Å²) in [6.45, 7) is 7.15. The molecule has 1 aliphatic heterocycles. The number of amides is 2. The molecule has 10 heteroatoms. The monoisotopic (exact) mass is 567 g/mol. The van der Waals surface area contributed by atoms with Crippen molar-refractivity contribution in [3.63, 3.8) is 0 Å². The molecular weight excluding hydrogens is 534 g/mol. The zero-order chi connectivity index (χ0) is 30.1. The van der Waals surface area contributed by atoms with Crippen molar-refractivity contribution in [1.29, 1.82) is 10.5 Å². The van der Waals surface area contributed by atoms with E-state index in [1.165, 1.54) is 0 Å². The average Bonchev–Trinajstić information content (AvgIpc) is 2.97. The molecule has 0 saturated carbocycles. The minimum Gasteiger partial charge on any atom is -0.444 e. The summed E-state index contributed by atoms with van der Waals surface area (Å²) in [5.41, 5.74) is 0.811. The van der Waals surface area contributed by atoms with Gasteiger partial charge in [-0.25, -0.2) is 4.79 Å². The Balaban J connectivity index is 1.43. The number of rotatable bonds is 8. The van der Waals surface area contributed by atoms with Gasteiger partial charge in [-0.1, -0.05) is 0 Å². The zero-order valence-electron chi connectivity index (χ0n) is 23.9. The van der Waals surface area contributed by atoms with Crippen LogP contribution in [0, 0.1) is 28.6 Å². The van der Waals surface area contributed by atoms with Crippen molar-refractivity contribution in [1.82, 2.24) is 15.2 Å². The van der Waals surface area contributed by atoms with E-state index in [4.69, 9.17) is 24.7 Å². The molecule has 0 radical (unpaired) electrons. The molecular formula is C32H33N5O5. The second-order valence-corrected chi connectivity index (χ2v) is 11.0. The predicted octanol–water partition coefficient (Wildman–Crippen LogP) is 6.18. The molecule has 0 atom stereocenters. The maximum atomic E-state index is 13.6. The molecule has 0 unspecified atom stereocenters. The van der Waals surface area contributed by atoms with Gasteiger partial charge in [-0.05, 0) is 94.5 Å². The van der Waals surface area contributed by atoms with Gasteiger partial charge in [-0.15, -0.1) is 0 Å². The molecule has 0 spiro atoms. The topological polar surface area (TPSA) is 138 Å². The molecule has 1 aromatic heterocycles. The molecule has 1 aliphatic rings. The van der Waals surface area contributed by atoms with Gasteiger partial charge >= 0.3 is 6.09 Å². The van der Waals surface area contributed by atoms with Crippen LogP contribution in [-0.4, -0.2) is 47.1 Å². The first-order valence-corrected chi connectivity index (χ1v) is 13.8. The Labute approximate surface area is 245 Å². The lowest BCUT2D eigenvalue weighted by Crippen LogP contribution is -2.39. The Morgan fingerprint density at radius 2 is 1.40 bits per heavy atom. The summed E-state index contributed by atoms with van der Waals surface area (Å²) in [7, 11) is 0. The van der Waals surface area contributed by atoms with E-state index >= 15 is 0 Å². The molecule has 2 aromatic carbocycles. The number of nitriles is 2. The van der Waals surface area contributed by atoms with Gasteiger partial charge in [0.05, 0.1) is 28.8 Å². The van der Waals surface area contributed by atoms with Gasteiger partial charge in [-0.2, -0.15) is 15.5 Å². The molecule has 4 rings (SSSR count). The van der Waals surface area contributed by atoms with Crippen LogP contribution in [0.4, 0.5) is 4.79 Å². The highest BCUT2D eigenvalue weighted by atomic mass is 16.6. The highest BCUT2D eigenvalue weighted by molar-refractivity contribution is 5.95. The van der Waals surface area contributed by atoms with E-state index in [1.54, 1.807) is 65.6 Å². The average molecular weight is 568 g/mol. The van der Waals surface area contributed by atoms with Crippen molar-refractivity contribution in [3.05, 3.63) is 77.4 Å². The lowest BCUT2D eigenvalue weighted by molar-refractivity contribution is 0.0522. The second kappa shape index (κ2) is 13.5. The first kappa shape index (κ1) is 29.9. The quantitative estimate of drug-likeness (QED) is 0.341. The number of nitrogens with one attached hydrogen (secondary N) is 1. The minimum absolute atomic E-state index is 0.164. The van der Waals surface area contributed by atoms with Crippen LogP contribution >= 0.6 is 0 Å². The lowest BCUT2D eigenvalue weighted by atomic mass is 9.93. The van der Waals surface area contributed by atoms with Crippen LogP contribution in [0.1, 0.15) is 61.5 Å². The second-order valence-electron chi connectivity index (χ2n) is 11.0. The minimum atomic E-state index is -0.539. The number of benzene rings is 2. The van der Waals surface area contributed by atoms with Crippen LogP contribution in [0.3, 0.4) is 0 Å². The van der Waals surface area contributed by atoms with Crippen LogP contribution in [0.15, 0.2) is 60.7 Å². The number of aromatic nitrogens is 1. The summed E-state index contributed by atoms with van der Waals surface area (Å²) in [5, 5.41) is 20.9. The van der Waals surface area contributed by atoms with Crippen LogP contribution in [-0.2, 0) is 4.74 Å². The Hall–Kier alpha value is -5.09. The number of hydrogen-bond acceptors (Lipinski definition) is 8. The summed E-state index contributed by atoms with van der Waals surface area (Å²) in [5.74, 6) is 1.45. The van der Waals surface area contributed by atoms with Crippen molar-refractivity contribution >= 4 is 12.0 Å². The van der Waals surface area contributed by atoms with Crippen molar-refractivity contribution in [3.8, 4) is 35.4 Å². The fraction of sp³-hybridized carbons (Fsp3) is 0.344. The third-order valence-corrected chi connectivity index (χ3v) is 6.56. The van der Waals surface area contributed by atoms with Crippen molar-refractivity contribution in [2.45, 2.75) is 45.6 Å². The van der Waals surface area contributed by atoms with Crippen molar-refractivity contribution in [2.75, 3.05) is 19.6 Å². The summed E-state index contributed by atoms with van der Waals surface area (Å²) in [6, 6.07) is 20.4. The van der Waals surface area contributed by atoms with Gasteiger partial charge in [0, 0.05) is 31.8 Å². The fourth-order valence-corrected chi connectivity index (χ4v) is 4.45. The van der Waals surface area contributed by atoms with E-state index in [-0.39, 0.29) is 17.7 Å². The molecule has 0 aliphatic carbocycles. The van der Waals surface area contributed by atoms with Crippen LogP contribution in [0.2, 0.25) is 0 Å². The van der Waals surface area contributed by atoms with Crippen LogP contribution in [0.5, 0.6) is 23.3 Å². The van der Waals surface area contributed by atoms with Crippen LogP contribution in [0.25, 0.3) is 0 Å². The Morgan fingerprint density at radius 3 is 1.86 bits per heavy atom. The first-order valence-electron chi connectivity index (χ1n) is 13.8. The van der Waals surface area contributed by atoms with Crippen molar-refractivity contribution in [2.24, 2.45) is 5.92 Å². The van der Waals surface area contributed by atoms with Gasteiger partial charge in [0.15, 0.2) is 0 Å². The third kappa shape index (κ3) is 8.70. The van der Waals surface area contributed by atoms with Crippen LogP contribution < -0.4 is 14.8 Å². The normalized spacial score (nSPS) is 13.4. The van der Waals surface area contributed by atoms with Gasteiger partial charge in [0.1, 0.15) is 17.1 Å².